The topological polar surface area (TPSA) is 82.5 Å². The highest BCUT2D eigenvalue weighted by molar-refractivity contribution is 7.09. The molecule has 6 nitrogen and oxygen atoms in total. The second kappa shape index (κ2) is 6.01. The van der Waals surface area contributed by atoms with E-state index >= 15 is 0 Å². The molecule has 1 aromatic rings. The maximum atomic E-state index is 12.3. The lowest BCUT2D eigenvalue weighted by Gasteiger charge is -2.29. The summed E-state index contributed by atoms with van der Waals surface area (Å²) >= 11 is 1.49. The summed E-state index contributed by atoms with van der Waals surface area (Å²) in [5.74, 6) is -0.829. The fraction of sp³-hybridized carbons (Fsp3) is 0.643. The van der Waals surface area contributed by atoms with Crippen LogP contribution in [0.5, 0.6) is 0 Å². The number of nitrogens with one attached hydrogen (secondary N) is 1. The summed E-state index contributed by atoms with van der Waals surface area (Å²) in [5.41, 5.74) is -0.832. The van der Waals surface area contributed by atoms with Crippen LogP contribution in [0.2, 0.25) is 0 Å². The Hall–Kier alpha value is -1.63. The summed E-state index contributed by atoms with van der Waals surface area (Å²) in [5, 5.41) is 15.1. The third kappa shape index (κ3) is 3.02. The second-order valence-electron chi connectivity index (χ2n) is 5.83. The molecule has 1 aromatic heterocycles. The molecule has 7 heteroatoms. The number of urea groups is 1. The lowest BCUT2D eigenvalue weighted by molar-refractivity contribution is -0.150. The molecule has 1 aliphatic heterocycles. The number of likely N-dealkylation sites (tertiary alicyclic amines) is 1. The van der Waals surface area contributed by atoms with Crippen molar-refractivity contribution < 1.29 is 14.7 Å². The number of aliphatic carboxylic acids is 1. The molecule has 0 bridgehead atoms. The van der Waals surface area contributed by atoms with E-state index in [9.17, 15) is 14.7 Å². The number of carboxylic acid groups (broad SMARTS) is 1. The van der Waals surface area contributed by atoms with Crippen LogP contribution in [-0.2, 0) is 4.79 Å². The molecule has 0 radical (unpaired) electrons. The Morgan fingerprint density at radius 1 is 1.48 bits per heavy atom. The average molecular weight is 311 g/mol. The zero-order valence-corrected chi connectivity index (χ0v) is 13.3. The number of hydrogen-bond acceptors (Lipinski definition) is 4. The summed E-state index contributed by atoms with van der Waals surface area (Å²) in [7, 11) is 0. The normalized spacial score (nSPS) is 23.3. The van der Waals surface area contributed by atoms with E-state index in [2.05, 4.69) is 10.3 Å². The van der Waals surface area contributed by atoms with E-state index in [1.165, 1.54) is 11.3 Å². The van der Waals surface area contributed by atoms with Crippen LogP contribution < -0.4 is 5.32 Å². The predicted molar refractivity (Wildman–Crippen MR) is 80.2 cm³/mol. The zero-order chi connectivity index (χ0) is 15.6. The van der Waals surface area contributed by atoms with Gasteiger partial charge in [-0.15, -0.1) is 11.3 Å². The molecule has 2 atom stereocenters. The Morgan fingerprint density at radius 3 is 2.67 bits per heavy atom. The van der Waals surface area contributed by atoms with Crippen LogP contribution in [-0.4, -0.2) is 40.1 Å². The molecule has 0 saturated carbocycles. The maximum absolute atomic E-state index is 12.3. The second-order valence-corrected chi connectivity index (χ2v) is 6.76. The van der Waals surface area contributed by atoms with Gasteiger partial charge >= 0.3 is 12.0 Å². The third-order valence-electron chi connectivity index (χ3n) is 4.28. The molecule has 2 rings (SSSR count). The number of thiazole rings is 1. The molecular weight excluding hydrogens is 290 g/mol. The Morgan fingerprint density at radius 2 is 2.19 bits per heavy atom. The van der Waals surface area contributed by atoms with Crippen molar-refractivity contribution in [3.05, 3.63) is 16.6 Å². The molecule has 116 valence electrons. The van der Waals surface area contributed by atoms with Gasteiger partial charge in [0.05, 0.1) is 11.5 Å². The lowest BCUT2D eigenvalue weighted by Crippen LogP contribution is -2.44. The minimum Gasteiger partial charge on any atom is -0.481 e. The Balaban J connectivity index is 2.00. The van der Waals surface area contributed by atoms with Crippen molar-refractivity contribution in [2.24, 2.45) is 11.3 Å². The summed E-state index contributed by atoms with van der Waals surface area (Å²) in [6, 6.07) is -0.391. The molecule has 1 fully saturated rings. The molecule has 1 aliphatic rings. The molecule has 2 N–H and O–H groups in total. The van der Waals surface area contributed by atoms with Crippen LogP contribution in [0.3, 0.4) is 0 Å². The molecular formula is C14H21N3O3S. The average Bonchev–Trinajstić information content (AvgIpc) is 3.09. The summed E-state index contributed by atoms with van der Waals surface area (Å²) < 4.78 is 0. The first-order valence-electron chi connectivity index (χ1n) is 7.05. The van der Waals surface area contributed by atoms with Crippen molar-refractivity contribution in [3.63, 3.8) is 0 Å². The number of rotatable bonds is 4. The first kappa shape index (κ1) is 15.8. The first-order valence-corrected chi connectivity index (χ1v) is 7.93. The van der Waals surface area contributed by atoms with Crippen molar-refractivity contribution in [1.29, 1.82) is 0 Å². The predicted octanol–water partition coefficient (Wildman–Crippen LogP) is 2.35. The molecule has 21 heavy (non-hydrogen) atoms. The van der Waals surface area contributed by atoms with Crippen LogP contribution in [0, 0.1) is 11.3 Å². The molecule has 2 amide bonds. The van der Waals surface area contributed by atoms with Gasteiger partial charge in [-0.05, 0) is 19.3 Å². The van der Waals surface area contributed by atoms with Gasteiger partial charge < -0.3 is 15.3 Å². The van der Waals surface area contributed by atoms with Crippen LogP contribution in [0.4, 0.5) is 4.79 Å². The fourth-order valence-corrected chi connectivity index (χ4v) is 3.33. The van der Waals surface area contributed by atoms with Gasteiger partial charge in [-0.3, -0.25) is 4.79 Å². The molecule has 0 spiro atoms. The fourth-order valence-electron chi connectivity index (χ4n) is 2.69. The third-order valence-corrected chi connectivity index (χ3v) is 5.24. The molecule has 2 heterocycles. The number of carboxylic acids is 1. The number of carbonyl (C=O) groups is 2. The lowest BCUT2D eigenvalue weighted by atomic mass is 9.76. The van der Waals surface area contributed by atoms with E-state index < -0.39 is 11.4 Å². The van der Waals surface area contributed by atoms with E-state index in [0.29, 0.717) is 13.0 Å². The highest BCUT2D eigenvalue weighted by Gasteiger charge is 2.48. The number of hydrogen-bond donors (Lipinski definition) is 2. The minimum absolute atomic E-state index is 0.0100. The number of amides is 2. The monoisotopic (exact) mass is 311 g/mol. The smallest absolute Gasteiger partial charge is 0.317 e. The van der Waals surface area contributed by atoms with E-state index in [1.807, 2.05) is 26.2 Å². The van der Waals surface area contributed by atoms with Gasteiger partial charge in [0.25, 0.3) is 0 Å². The van der Waals surface area contributed by atoms with Crippen molar-refractivity contribution in [3.8, 4) is 0 Å². The van der Waals surface area contributed by atoms with Gasteiger partial charge in [-0.25, -0.2) is 9.78 Å². The van der Waals surface area contributed by atoms with Gasteiger partial charge in [0, 0.05) is 24.7 Å². The van der Waals surface area contributed by atoms with Crippen LogP contribution in [0.1, 0.15) is 38.2 Å². The molecule has 2 unspecified atom stereocenters. The van der Waals surface area contributed by atoms with Gasteiger partial charge in [-0.1, -0.05) is 13.8 Å². The summed E-state index contributed by atoms with van der Waals surface area (Å²) in [6.45, 7) is 6.40. The van der Waals surface area contributed by atoms with Gasteiger partial charge in [0.1, 0.15) is 5.01 Å². The molecule has 1 saturated heterocycles. The van der Waals surface area contributed by atoms with Crippen molar-refractivity contribution in [2.75, 3.05) is 13.1 Å². The van der Waals surface area contributed by atoms with Gasteiger partial charge in [0.15, 0.2) is 0 Å². The van der Waals surface area contributed by atoms with Crippen LogP contribution in [0.15, 0.2) is 11.6 Å². The van der Waals surface area contributed by atoms with E-state index in [-0.39, 0.29) is 24.5 Å². The number of carbonyl (C=O) groups excluding carboxylic acids is 1. The standard InChI is InChI=1S/C14H21N3O3S/c1-9(2)14(12(18)19)4-6-17(8-14)13(20)16-10(3)11-15-5-7-21-11/h5,7,9-10H,4,6,8H2,1-3H3,(H,16,20)(H,18,19). The zero-order valence-electron chi connectivity index (χ0n) is 12.5. The number of aromatic nitrogens is 1. The quantitative estimate of drug-likeness (QED) is 0.894. The van der Waals surface area contributed by atoms with Crippen molar-refractivity contribution in [1.82, 2.24) is 15.2 Å². The van der Waals surface area contributed by atoms with E-state index in [4.69, 9.17) is 0 Å². The minimum atomic E-state index is -0.832. The Kier molecular flexibility index (Phi) is 4.51. The first-order chi connectivity index (χ1) is 9.86. The largest absolute Gasteiger partial charge is 0.481 e. The molecule has 0 aliphatic carbocycles. The SMILES string of the molecule is CC(NC(=O)N1CCC(C(=O)O)(C(C)C)C1)c1nccs1. The maximum Gasteiger partial charge on any atom is 0.317 e. The van der Waals surface area contributed by atoms with Crippen molar-refractivity contribution >= 4 is 23.3 Å². The highest BCUT2D eigenvalue weighted by Crippen LogP contribution is 2.38. The van der Waals surface area contributed by atoms with E-state index in [0.717, 1.165) is 5.01 Å². The van der Waals surface area contributed by atoms with Crippen LogP contribution >= 0.6 is 11.3 Å². The van der Waals surface area contributed by atoms with E-state index in [1.54, 1.807) is 11.1 Å². The van der Waals surface area contributed by atoms with Gasteiger partial charge in [0.2, 0.25) is 0 Å². The Bertz CT molecular complexity index is 518. The van der Waals surface area contributed by atoms with Gasteiger partial charge in [-0.2, -0.15) is 0 Å². The Labute approximate surface area is 128 Å². The van der Waals surface area contributed by atoms with Crippen LogP contribution in [0.25, 0.3) is 0 Å². The van der Waals surface area contributed by atoms with Crippen molar-refractivity contribution in [2.45, 2.75) is 33.2 Å². The highest BCUT2D eigenvalue weighted by atomic mass is 32.1. The summed E-state index contributed by atoms with van der Waals surface area (Å²) in [4.78, 5) is 29.6. The number of nitrogens with zero attached hydrogens (tertiary/aromatic N) is 2. The molecule has 0 aromatic carbocycles. The summed E-state index contributed by atoms with van der Waals surface area (Å²) in [6.07, 6.45) is 2.20.